The normalized spacial score (nSPS) is 12.0. The molecular formula is C26H22Cl2N2O2. The first-order chi connectivity index (χ1) is 15.4. The second-order valence-corrected chi connectivity index (χ2v) is 8.18. The van der Waals surface area contributed by atoms with E-state index in [1.165, 1.54) is 6.08 Å². The summed E-state index contributed by atoms with van der Waals surface area (Å²) in [6.07, 6.45) is 1.45. The fourth-order valence-corrected chi connectivity index (χ4v) is 3.79. The molecule has 0 saturated heterocycles. The van der Waals surface area contributed by atoms with Gasteiger partial charge in [0.1, 0.15) is 18.2 Å². The van der Waals surface area contributed by atoms with Gasteiger partial charge in [0.25, 0.3) is 5.91 Å². The number of hydrogen-bond donors (Lipinski definition) is 1. The molecule has 6 heteroatoms. The predicted octanol–water partition coefficient (Wildman–Crippen LogP) is 6.67. The molecule has 0 radical (unpaired) electrons. The highest BCUT2D eigenvalue weighted by molar-refractivity contribution is 6.37. The number of benzene rings is 3. The minimum atomic E-state index is -0.476. The van der Waals surface area contributed by atoms with E-state index >= 15 is 0 Å². The third-order valence-corrected chi connectivity index (χ3v) is 5.37. The number of carbonyl (C=O) groups is 1. The molecule has 32 heavy (non-hydrogen) atoms. The van der Waals surface area contributed by atoms with Gasteiger partial charge in [-0.1, -0.05) is 83.4 Å². The van der Waals surface area contributed by atoms with Crippen molar-refractivity contribution in [2.24, 2.45) is 0 Å². The molecule has 0 aliphatic carbocycles. The lowest BCUT2D eigenvalue weighted by molar-refractivity contribution is -0.117. The zero-order chi connectivity index (χ0) is 23.1. The van der Waals surface area contributed by atoms with Gasteiger partial charge in [-0.05, 0) is 48.7 Å². The van der Waals surface area contributed by atoms with Crippen LogP contribution in [0, 0.1) is 18.3 Å². The van der Waals surface area contributed by atoms with Crippen LogP contribution in [0.3, 0.4) is 0 Å². The lowest BCUT2D eigenvalue weighted by Gasteiger charge is -2.14. The van der Waals surface area contributed by atoms with Crippen molar-refractivity contribution in [3.05, 3.63) is 105 Å². The zero-order valence-corrected chi connectivity index (χ0v) is 19.2. The average Bonchev–Trinajstić information content (AvgIpc) is 2.77. The van der Waals surface area contributed by atoms with Gasteiger partial charge in [-0.2, -0.15) is 5.26 Å². The Balaban J connectivity index is 1.74. The number of aryl methyl sites for hydroxylation is 1. The quantitative estimate of drug-likeness (QED) is 0.313. The number of carbonyl (C=O) groups excluding carboxylic acids is 1. The summed E-state index contributed by atoms with van der Waals surface area (Å²) in [6, 6.07) is 22.4. The summed E-state index contributed by atoms with van der Waals surface area (Å²) in [5.41, 5.74) is 3.56. The smallest absolute Gasteiger partial charge is 0.262 e. The van der Waals surface area contributed by atoms with Crippen molar-refractivity contribution >= 4 is 35.2 Å². The third-order valence-electron chi connectivity index (χ3n) is 4.81. The molecule has 0 unspecified atom stereocenters. The minimum absolute atomic E-state index is 0.0478. The number of nitriles is 1. The fraction of sp³-hybridized carbons (Fsp3) is 0.154. The standard InChI is InChI=1S/C26H22Cl2N2O2/c1-17-7-6-8-19(11-17)16-32-25-23(27)13-20(14-24(25)28)12-22(15-29)26(31)30-18(2)21-9-4-3-5-10-21/h3-14,18H,16H2,1-2H3,(H,30,31)/b22-12-/t18-/m1/s1. The van der Waals surface area contributed by atoms with E-state index in [4.69, 9.17) is 27.9 Å². The zero-order valence-electron chi connectivity index (χ0n) is 17.7. The highest BCUT2D eigenvalue weighted by Gasteiger charge is 2.15. The van der Waals surface area contributed by atoms with Gasteiger partial charge in [-0.3, -0.25) is 4.79 Å². The highest BCUT2D eigenvalue weighted by Crippen LogP contribution is 2.35. The van der Waals surface area contributed by atoms with Crippen LogP contribution < -0.4 is 10.1 Å². The van der Waals surface area contributed by atoms with Crippen molar-refractivity contribution in [2.45, 2.75) is 26.5 Å². The molecule has 3 rings (SSSR count). The van der Waals surface area contributed by atoms with Crippen molar-refractivity contribution in [1.29, 1.82) is 5.26 Å². The van der Waals surface area contributed by atoms with Crippen molar-refractivity contribution in [3.8, 4) is 11.8 Å². The van der Waals surface area contributed by atoms with Crippen LogP contribution in [0.4, 0.5) is 0 Å². The summed E-state index contributed by atoms with van der Waals surface area (Å²) in [7, 11) is 0. The molecule has 162 valence electrons. The van der Waals surface area contributed by atoms with E-state index in [9.17, 15) is 10.1 Å². The molecule has 0 spiro atoms. The van der Waals surface area contributed by atoms with Gasteiger partial charge in [-0.25, -0.2) is 0 Å². The van der Waals surface area contributed by atoms with Gasteiger partial charge >= 0.3 is 0 Å². The molecule has 1 N–H and O–H groups in total. The van der Waals surface area contributed by atoms with E-state index in [0.29, 0.717) is 28.0 Å². The molecule has 0 aliphatic heterocycles. The van der Waals surface area contributed by atoms with Crippen LogP contribution in [-0.2, 0) is 11.4 Å². The van der Waals surface area contributed by atoms with E-state index in [0.717, 1.165) is 16.7 Å². The van der Waals surface area contributed by atoms with E-state index in [1.54, 1.807) is 12.1 Å². The summed E-state index contributed by atoms with van der Waals surface area (Å²) in [5, 5.41) is 12.9. The molecule has 0 fully saturated rings. The highest BCUT2D eigenvalue weighted by atomic mass is 35.5. The number of ether oxygens (including phenoxy) is 1. The van der Waals surface area contributed by atoms with Gasteiger partial charge in [0.2, 0.25) is 0 Å². The van der Waals surface area contributed by atoms with Crippen LogP contribution in [0.2, 0.25) is 10.0 Å². The first-order valence-corrected chi connectivity index (χ1v) is 10.8. The molecular weight excluding hydrogens is 443 g/mol. The van der Waals surface area contributed by atoms with Crippen LogP contribution in [0.5, 0.6) is 5.75 Å². The lowest BCUT2D eigenvalue weighted by Crippen LogP contribution is -2.27. The lowest BCUT2D eigenvalue weighted by atomic mass is 10.1. The van der Waals surface area contributed by atoms with Gasteiger partial charge in [0.15, 0.2) is 5.75 Å². The van der Waals surface area contributed by atoms with E-state index in [1.807, 2.05) is 74.5 Å². The summed E-state index contributed by atoms with van der Waals surface area (Å²) < 4.78 is 5.82. The fourth-order valence-electron chi connectivity index (χ4n) is 3.17. The maximum absolute atomic E-state index is 12.6. The van der Waals surface area contributed by atoms with Crippen molar-refractivity contribution in [1.82, 2.24) is 5.32 Å². The summed E-state index contributed by atoms with van der Waals surface area (Å²) in [5.74, 6) is -0.122. The maximum Gasteiger partial charge on any atom is 0.262 e. The van der Waals surface area contributed by atoms with E-state index in [2.05, 4.69) is 5.32 Å². The average molecular weight is 465 g/mol. The van der Waals surface area contributed by atoms with Crippen LogP contribution in [-0.4, -0.2) is 5.91 Å². The Hall–Kier alpha value is -3.26. The number of hydrogen-bond acceptors (Lipinski definition) is 3. The summed E-state index contributed by atoms with van der Waals surface area (Å²) >= 11 is 12.8. The number of nitrogens with one attached hydrogen (secondary N) is 1. The summed E-state index contributed by atoms with van der Waals surface area (Å²) in [4.78, 5) is 12.6. The maximum atomic E-state index is 12.6. The van der Waals surface area contributed by atoms with Crippen LogP contribution in [0.15, 0.2) is 72.3 Å². The van der Waals surface area contributed by atoms with Crippen LogP contribution in [0.1, 0.15) is 35.2 Å². The molecule has 0 saturated carbocycles. The van der Waals surface area contributed by atoms with Crippen LogP contribution >= 0.6 is 23.2 Å². The molecule has 0 heterocycles. The van der Waals surface area contributed by atoms with E-state index in [-0.39, 0.29) is 11.6 Å². The van der Waals surface area contributed by atoms with Gasteiger partial charge in [-0.15, -0.1) is 0 Å². The molecule has 3 aromatic carbocycles. The van der Waals surface area contributed by atoms with Crippen molar-refractivity contribution < 1.29 is 9.53 Å². The third kappa shape index (κ3) is 6.13. The number of halogens is 2. The number of amides is 1. The number of rotatable bonds is 7. The predicted molar refractivity (Wildman–Crippen MR) is 129 cm³/mol. The molecule has 1 amide bonds. The largest absolute Gasteiger partial charge is 0.486 e. The topological polar surface area (TPSA) is 62.1 Å². The molecule has 4 nitrogen and oxygen atoms in total. The second kappa shape index (κ2) is 10.9. The Bertz CT molecular complexity index is 1160. The molecule has 1 atom stereocenters. The first-order valence-electron chi connectivity index (χ1n) is 10.0. The Labute approximate surface area is 198 Å². The Morgan fingerprint density at radius 1 is 1.09 bits per heavy atom. The monoisotopic (exact) mass is 464 g/mol. The van der Waals surface area contributed by atoms with Crippen molar-refractivity contribution in [2.75, 3.05) is 0 Å². The summed E-state index contributed by atoms with van der Waals surface area (Å²) in [6.45, 7) is 4.18. The molecule has 3 aromatic rings. The van der Waals surface area contributed by atoms with Gasteiger partial charge in [0.05, 0.1) is 16.1 Å². The number of nitrogens with zero attached hydrogens (tertiary/aromatic N) is 1. The van der Waals surface area contributed by atoms with E-state index < -0.39 is 5.91 Å². The Morgan fingerprint density at radius 3 is 2.41 bits per heavy atom. The van der Waals surface area contributed by atoms with Gasteiger partial charge in [0, 0.05) is 0 Å². The second-order valence-electron chi connectivity index (χ2n) is 7.37. The van der Waals surface area contributed by atoms with Crippen molar-refractivity contribution in [3.63, 3.8) is 0 Å². The minimum Gasteiger partial charge on any atom is -0.486 e. The molecule has 0 aromatic heterocycles. The molecule has 0 aliphatic rings. The first kappa shape index (κ1) is 23.4. The Kier molecular flexibility index (Phi) is 7.94. The van der Waals surface area contributed by atoms with Gasteiger partial charge < -0.3 is 10.1 Å². The van der Waals surface area contributed by atoms with Crippen LogP contribution in [0.25, 0.3) is 6.08 Å². The molecule has 0 bridgehead atoms. The SMILES string of the molecule is Cc1cccc(COc2c(Cl)cc(/C=C(/C#N)C(=O)N[C@H](C)c3ccccc3)cc2Cl)c1. The Morgan fingerprint density at radius 2 is 1.78 bits per heavy atom.